The predicted molar refractivity (Wildman–Crippen MR) is 94.5 cm³/mol. The molecular weight excluding hydrogens is 306 g/mol. The van der Waals surface area contributed by atoms with Crippen molar-refractivity contribution in [2.45, 2.75) is 19.5 Å². The van der Waals surface area contributed by atoms with Crippen molar-refractivity contribution in [1.29, 1.82) is 0 Å². The summed E-state index contributed by atoms with van der Waals surface area (Å²) in [6, 6.07) is 12.0. The minimum atomic E-state index is -0.0791. The number of pyridine rings is 1. The monoisotopic (exact) mass is 325 g/mol. The van der Waals surface area contributed by atoms with Crippen LogP contribution in [0.1, 0.15) is 24.1 Å². The van der Waals surface area contributed by atoms with Gasteiger partial charge in [0.2, 0.25) is 0 Å². The third-order valence-electron chi connectivity index (χ3n) is 3.83. The van der Waals surface area contributed by atoms with Gasteiger partial charge in [0.15, 0.2) is 0 Å². The number of carbonyl (C=O) groups is 1. The molecule has 0 spiro atoms. The van der Waals surface area contributed by atoms with Crippen LogP contribution in [0.5, 0.6) is 0 Å². The Morgan fingerprint density at radius 1 is 1.26 bits per heavy atom. The van der Waals surface area contributed by atoms with Crippen molar-refractivity contribution in [3.05, 3.63) is 65.3 Å². The van der Waals surface area contributed by atoms with Gasteiger partial charge in [0.1, 0.15) is 0 Å². The van der Waals surface area contributed by atoms with E-state index in [1.54, 1.807) is 35.7 Å². The van der Waals surface area contributed by atoms with Crippen LogP contribution in [0.2, 0.25) is 0 Å². The molecular formula is C18H19N3OS. The number of fused-ring (bicyclic) bond motifs is 1. The fourth-order valence-electron chi connectivity index (χ4n) is 2.54. The largest absolute Gasteiger partial charge is 0.331 e. The van der Waals surface area contributed by atoms with Crippen LogP contribution in [0, 0.1) is 0 Å². The zero-order chi connectivity index (χ0) is 16.2. The van der Waals surface area contributed by atoms with E-state index in [1.165, 1.54) is 10.1 Å². The standard InChI is InChI=1S/C18H19N3OS/c1-13(16-12-23-17-6-4-3-5-15(16)17)20-18(22)21(2)11-14-7-9-19-10-8-14/h3-10,12-13H,11H2,1-2H3,(H,20,22). The molecule has 4 nitrogen and oxygen atoms in total. The first kappa shape index (κ1) is 15.5. The highest BCUT2D eigenvalue weighted by molar-refractivity contribution is 7.17. The van der Waals surface area contributed by atoms with Crippen molar-refractivity contribution < 1.29 is 4.79 Å². The lowest BCUT2D eigenvalue weighted by atomic mass is 10.1. The molecule has 2 aromatic heterocycles. The summed E-state index contributed by atoms with van der Waals surface area (Å²) in [5, 5.41) is 6.41. The van der Waals surface area contributed by atoms with Crippen molar-refractivity contribution in [2.75, 3.05) is 7.05 Å². The average molecular weight is 325 g/mol. The Hall–Kier alpha value is -2.40. The molecule has 0 saturated carbocycles. The van der Waals surface area contributed by atoms with Crippen LogP contribution in [-0.4, -0.2) is 23.0 Å². The first-order chi connectivity index (χ1) is 11.1. The van der Waals surface area contributed by atoms with Gasteiger partial charge < -0.3 is 10.2 Å². The summed E-state index contributed by atoms with van der Waals surface area (Å²) >= 11 is 1.71. The zero-order valence-electron chi connectivity index (χ0n) is 13.2. The molecule has 1 N–H and O–H groups in total. The molecule has 1 aromatic carbocycles. The Morgan fingerprint density at radius 3 is 2.78 bits per heavy atom. The van der Waals surface area contributed by atoms with Gasteiger partial charge in [-0.3, -0.25) is 4.98 Å². The number of benzene rings is 1. The minimum absolute atomic E-state index is 0.0291. The van der Waals surface area contributed by atoms with E-state index in [2.05, 4.69) is 27.8 Å². The third-order valence-corrected chi connectivity index (χ3v) is 4.81. The third kappa shape index (κ3) is 3.51. The van der Waals surface area contributed by atoms with Gasteiger partial charge in [0.25, 0.3) is 0 Å². The topological polar surface area (TPSA) is 45.2 Å². The number of nitrogens with zero attached hydrogens (tertiary/aromatic N) is 2. The van der Waals surface area contributed by atoms with Gasteiger partial charge >= 0.3 is 6.03 Å². The molecule has 0 aliphatic rings. The summed E-state index contributed by atoms with van der Waals surface area (Å²) < 4.78 is 1.24. The molecule has 5 heteroatoms. The average Bonchev–Trinajstić information content (AvgIpc) is 2.99. The Kier molecular flexibility index (Phi) is 4.57. The molecule has 1 atom stereocenters. The van der Waals surface area contributed by atoms with E-state index < -0.39 is 0 Å². The Bertz CT molecular complexity index is 800. The highest BCUT2D eigenvalue weighted by atomic mass is 32.1. The van der Waals surface area contributed by atoms with E-state index in [4.69, 9.17) is 0 Å². The maximum atomic E-state index is 12.4. The number of hydrogen-bond donors (Lipinski definition) is 1. The van der Waals surface area contributed by atoms with Crippen LogP contribution in [0.25, 0.3) is 10.1 Å². The number of hydrogen-bond acceptors (Lipinski definition) is 3. The molecule has 2 amide bonds. The van der Waals surface area contributed by atoms with Crippen LogP contribution in [0.3, 0.4) is 0 Å². The van der Waals surface area contributed by atoms with E-state index in [9.17, 15) is 4.79 Å². The van der Waals surface area contributed by atoms with Crippen LogP contribution in [0.4, 0.5) is 4.79 Å². The summed E-state index contributed by atoms with van der Waals surface area (Å²) in [6.45, 7) is 2.58. The SMILES string of the molecule is CC(NC(=O)N(C)Cc1ccncc1)c1csc2ccccc12. The number of urea groups is 1. The molecule has 0 aliphatic heterocycles. The van der Waals surface area contributed by atoms with Crippen molar-refractivity contribution in [3.63, 3.8) is 0 Å². The molecule has 0 radical (unpaired) electrons. The molecule has 118 valence electrons. The van der Waals surface area contributed by atoms with Gasteiger partial charge in [-0.05, 0) is 47.0 Å². The van der Waals surface area contributed by atoms with E-state index in [-0.39, 0.29) is 12.1 Å². The van der Waals surface area contributed by atoms with Crippen molar-refractivity contribution >= 4 is 27.5 Å². The Balaban J connectivity index is 1.67. The molecule has 0 aliphatic carbocycles. The fraction of sp³-hybridized carbons (Fsp3) is 0.222. The highest BCUT2D eigenvalue weighted by Crippen LogP contribution is 2.30. The van der Waals surface area contributed by atoms with Crippen molar-refractivity contribution in [2.24, 2.45) is 0 Å². The van der Waals surface area contributed by atoms with Crippen molar-refractivity contribution in [3.8, 4) is 0 Å². The lowest BCUT2D eigenvalue weighted by Crippen LogP contribution is -2.38. The van der Waals surface area contributed by atoms with Gasteiger partial charge in [-0.1, -0.05) is 18.2 Å². The Morgan fingerprint density at radius 2 is 2.00 bits per heavy atom. The van der Waals surface area contributed by atoms with Crippen LogP contribution in [-0.2, 0) is 6.54 Å². The summed E-state index contributed by atoms with van der Waals surface area (Å²) in [7, 11) is 1.80. The fourth-order valence-corrected chi connectivity index (χ4v) is 3.60. The van der Waals surface area contributed by atoms with Gasteiger partial charge in [0.05, 0.1) is 6.04 Å². The van der Waals surface area contributed by atoms with Gasteiger partial charge in [-0.2, -0.15) is 0 Å². The molecule has 3 rings (SSSR count). The molecule has 0 fully saturated rings. The zero-order valence-corrected chi connectivity index (χ0v) is 14.0. The number of thiophene rings is 1. The van der Waals surface area contributed by atoms with Crippen LogP contribution >= 0.6 is 11.3 Å². The maximum absolute atomic E-state index is 12.4. The van der Waals surface area contributed by atoms with E-state index in [0.29, 0.717) is 6.54 Å². The quantitative estimate of drug-likeness (QED) is 0.781. The minimum Gasteiger partial charge on any atom is -0.331 e. The second-order valence-corrected chi connectivity index (χ2v) is 6.48. The first-order valence-electron chi connectivity index (χ1n) is 7.52. The number of nitrogens with one attached hydrogen (secondary N) is 1. The van der Waals surface area contributed by atoms with Gasteiger partial charge in [0, 0.05) is 30.7 Å². The lowest BCUT2D eigenvalue weighted by molar-refractivity contribution is 0.203. The van der Waals surface area contributed by atoms with Gasteiger partial charge in [-0.15, -0.1) is 11.3 Å². The molecule has 3 aromatic rings. The molecule has 23 heavy (non-hydrogen) atoms. The highest BCUT2D eigenvalue weighted by Gasteiger charge is 2.16. The van der Waals surface area contributed by atoms with Crippen LogP contribution < -0.4 is 5.32 Å². The number of rotatable bonds is 4. The number of aromatic nitrogens is 1. The predicted octanol–water partition coefficient (Wildman–Crippen LogP) is 4.20. The van der Waals surface area contributed by atoms with Crippen LogP contribution in [0.15, 0.2) is 54.2 Å². The second-order valence-electron chi connectivity index (χ2n) is 5.57. The number of amides is 2. The summed E-state index contributed by atoms with van der Waals surface area (Å²) in [6.07, 6.45) is 3.47. The summed E-state index contributed by atoms with van der Waals surface area (Å²) in [4.78, 5) is 18.1. The molecule has 1 unspecified atom stereocenters. The maximum Gasteiger partial charge on any atom is 0.317 e. The lowest BCUT2D eigenvalue weighted by Gasteiger charge is -2.21. The van der Waals surface area contributed by atoms with E-state index >= 15 is 0 Å². The first-order valence-corrected chi connectivity index (χ1v) is 8.40. The molecule has 2 heterocycles. The Labute approximate surface area is 139 Å². The van der Waals surface area contributed by atoms with E-state index in [1.807, 2.05) is 31.2 Å². The number of carbonyl (C=O) groups excluding carboxylic acids is 1. The molecule has 0 bridgehead atoms. The van der Waals surface area contributed by atoms with E-state index in [0.717, 1.165) is 11.1 Å². The second kappa shape index (κ2) is 6.79. The summed E-state index contributed by atoms with van der Waals surface area (Å²) in [5.41, 5.74) is 2.22. The van der Waals surface area contributed by atoms with Gasteiger partial charge in [-0.25, -0.2) is 4.79 Å². The molecule has 0 saturated heterocycles. The smallest absolute Gasteiger partial charge is 0.317 e. The summed E-state index contributed by atoms with van der Waals surface area (Å²) in [5.74, 6) is 0. The normalized spacial score (nSPS) is 12.1. The van der Waals surface area contributed by atoms with Crippen molar-refractivity contribution in [1.82, 2.24) is 15.2 Å².